The van der Waals surface area contributed by atoms with Crippen molar-refractivity contribution in [1.82, 2.24) is 5.32 Å². The van der Waals surface area contributed by atoms with Gasteiger partial charge in [-0.1, -0.05) is 0 Å². The summed E-state index contributed by atoms with van der Waals surface area (Å²) >= 11 is 1.73. The molecule has 0 radical (unpaired) electrons. The second kappa shape index (κ2) is 6.76. The maximum absolute atomic E-state index is 13.1. The molecule has 1 unspecified atom stereocenters. The molecule has 0 aliphatic heterocycles. The van der Waals surface area contributed by atoms with Crippen LogP contribution in [0.5, 0.6) is 5.75 Å². The highest BCUT2D eigenvalue weighted by Gasteiger charge is 2.11. The zero-order chi connectivity index (χ0) is 12.0. The molecule has 0 aromatic heterocycles. The average molecular weight is 243 g/mol. The molecule has 0 saturated carbocycles. The molecule has 1 N–H and O–H groups in total. The van der Waals surface area contributed by atoms with E-state index in [4.69, 9.17) is 4.74 Å². The fraction of sp³-hybridized carbons (Fsp3) is 0.500. The highest BCUT2D eigenvalue weighted by molar-refractivity contribution is 7.98. The maximum Gasteiger partial charge on any atom is 0.124 e. The maximum atomic E-state index is 13.1. The Balaban J connectivity index is 2.80. The van der Waals surface area contributed by atoms with Crippen molar-refractivity contribution in [3.05, 3.63) is 29.6 Å². The van der Waals surface area contributed by atoms with Crippen LogP contribution in [0.25, 0.3) is 0 Å². The van der Waals surface area contributed by atoms with Crippen LogP contribution in [0.3, 0.4) is 0 Å². The van der Waals surface area contributed by atoms with Gasteiger partial charge in [0, 0.05) is 17.4 Å². The lowest BCUT2D eigenvalue weighted by molar-refractivity contribution is 0.336. The van der Waals surface area contributed by atoms with Crippen LogP contribution in [0.2, 0.25) is 0 Å². The van der Waals surface area contributed by atoms with E-state index in [2.05, 4.69) is 5.32 Å². The van der Waals surface area contributed by atoms with Crippen molar-refractivity contribution in [2.45, 2.75) is 13.0 Å². The lowest BCUT2D eigenvalue weighted by Gasteiger charge is -2.16. The minimum atomic E-state index is -0.227. The largest absolute Gasteiger partial charge is 0.492 e. The Hall–Kier alpha value is -0.740. The third-order valence-electron chi connectivity index (χ3n) is 2.42. The van der Waals surface area contributed by atoms with Crippen molar-refractivity contribution in [3.63, 3.8) is 0 Å². The van der Waals surface area contributed by atoms with Gasteiger partial charge in [-0.3, -0.25) is 0 Å². The molecule has 16 heavy (non-hydrogen) atoms. The first-order valence-electron chi connectivity index (χ1n) is 5.27. The minimum absolute atomic E-state index is 0.0833. The van der Waals surface area contributed by atoms with Crippen molar-refractivity contribution in [3.8, 4) is 5.75 Å². The van der Waals surface area contributed by atoms with Gasteiger partial charge >= 0.3 is 0 Å². The van der Waals surface area contributed by atoms with E-state index in [1.54, 1.807) is 17.8 Å². The van der Waals surface area contributed by atoms with E-state index in [1.165, 1.54) is 12.1 Å². The molecule has 1 aromatic rings. The van der Waals surface area contributed by atoms with Crippen LogP contribution < -0.4 is 10.1 Å². The molecule has 0 fully saturated rings. The molecule has 4 heteroatoms. The Morgan fingerprint density at radius 3 is 2.88 bits per heavy atom. The van der Waals surface area contributed by atoms with E-state index in [0.717, 1.165) is 17.1 Å². The van der Waals surface area contributed by atoms with Gasteiger partial charge in [0.2, 0.25) is 0 Å². The number of halogens is 1. The molecule has 0 heterocycles. The van der Waals surface area contributed by atoms with Crippen LogP contribution in [0.4, 0.5) is 4.39 Å². The first-order chi connectivity index (χ1) is 7.69. The van der Waals surface area contributed by atoms with Gasteiger partial charge in [0.25, 0.3) is 0 Å². The van der Waals surface area contributed by atoms with Crippen molar-refractivity contribution < 1.29 is 9.13 Å². The summed E-state index contributed by atoms with van der Waals surface area (Å²) in [6.07, 6.45) is 2.03. The highest BCUT2D eigenvalue weighted by Crippen LogP contribution is 2.25. The Bertz CT molecular complexity index is 333. The predicted molar refractivity (Wildman–Crippen MR) is 67.8 cm³/mol. The number of benzene rings is 1. The van der Waals surface area contributed by atoms with Crippen molar-refractivity contribution in [2.75, 3.05) is 25.7 Å². The lowest BCUT2D eigenvalue weighted by atomic mass is 10.1. The molecule has 1 rings (SSSR count). The molecule has 2 nitrogen and oxygen atoms in total. The topological polar surface area (TPSA) is 21.3 Å². The fourth-order valence-corrected chi connectivity index (χ4v) is 1.63. The molecule has 0 bridgehead atoms. The molecule has 0 spiro atoms. The van der Waals surface area contributed by atoms with Crippen molar-refractivity contribution >= 4 is 11.8 Å². The number of nitrogens with one attached hydrogen (secondary N) is 1. The summed E-state index contributed by atoms with van der Waals surface area (Å²) in [4.78, 5) is 0. The molecular formula is C12H18FNOS. The van der Waals surface area contributed by atoms with Gasteiger partial charge in [0.15, 0.2) is 0 Å². The van der Waals surface area contributed by atoms with Crippen LogP contribution in [0.15, 0.2) is 18.2 Å². The van der Waals surface area contributed by atoms with E-state index >= 15 is 0 Å². The van der Waals surface area contributed by atoms with Crippen LogP contribution in [-0.4, -0.2) is 25.7 Å². The average Bonchev–Trinajstić information content (AvgIpc) is 2.30. The molecule has 0 amide bonds. The van der Waals surface area contributed by atoms with E-state index in [9.17, 15) is 4.39 Å². The molecule has 0 saturated heterocycles. The molecule has 90 valence electrons. The standard InChI is InChI=1S/C12H18FNOS/c1-9(14-2)11-8-10(13)4-5-12(11)15-6-7-16-3/h4-5,8-9,14H,6-7H2,1-3H3. The molecule has 0 aliphatic carbocycles. The second-order valence-electron chi connectivity index (χ2n) is 3.53. The molecule has 1 atom stereocenters. The normalized spacial score (nSPS) is 12.5. The Morgan fingerprint density at radius 1 is 1.50 bits per heavy atom. The second-order valence-corrected chi connectivity index (χ2v) is 4.52. The monoisotopic (exact) mass is 243 g/mol. The van der Waals surface area contributed by atoms with Crippen molar-refractivity contribution in [1.29, 1.82) is 0 Å². The van der Waals surface area contributed by atoms with Gasteiger partial charge in [-0.15, -0.1) is 0 Å². The summed E-state index contributed by atoms with van der Waals surface area (Å²) in [6.45, 7) is 2.63. The summed E-state index contributed by atoms with van der Waals surface area (Å²) in [7, 11) is 1.85. The number of thioether (sulfide) groups is 1. The van der Waals surface area contributed by atoms with E-state index < -0.39 is 0 Å². The number of hydrogen-bond acceptors (Lipinski definition) is 3. The highest BCUT2D eigenvalue weighted by atomic mass is 32.2. The quantitative estimate of drug-likeness (QED) is 0.776. The third kappa shape index (κ3) is 3.68. The Morgan fingerprint density at radius 2 is 2.25 bits per heavy atom. The van der Waals surface area contributed by atoms with E-state index in [0.29, 0.717) is 6.61 Å². The Kier molecular flexibility index (Phi) is 5.63. The van der Waals surface area contributed by atoms with E-state index in [-0.39, 0.29) is 11.9 Å². The first-order valence-corrected chi connectivity index (χ1v) is 6.67. The summed E-state index contributed by atoms with van der Waals surface area (Å²) in [5.74, 6) is 1.47. The lowest BCUT2D eigenvalue weighted by Crippen LogP contribution is -2.14. The van der Waals surface area contributed by atoms with E-state index in [1.807, 2.05) is 20.2 Å². The van der Waals surface area contributed by atoms with Gasteiger partial charge in [0.05, 0.1) is 6.61 Å². The van der Waals surface area contributed by atoms with Crippen LogP contribution in [0.1, 0.15) is 18.5 Å². The van der Waals surface area contributed by atoms with Crippen LogP contribution in [-0.2, 0) is 0 Å². The van der Waals surface area contributed by atoms with Gasteiger partial charge < -0.3 is 10.1 Å². The van der Waals surface area contributed by atoms with Crippen LogP contribution >= 0.6 is 11.8 Å². The summed E-state index contributed by atoms with van der Waals surface area (Å²) < 4.78 is 18.8. The van der Waals surface area contributed by atoms with Gasteiger partial charge in [0.1, 0.15) is 11.6 Å². The van der Waals surface area contributed by atoms with Crippen molar-refractivity contribution in [2.24, 2.45) is 0 Å². The van der Waals surface area contributed by atoms with Gasteiger partial charge in [-0.2, -0.15) is 11.8 Å². The zero-order valence-corrected chi connectivity index (χ0v) is 10.7. The van der Waals surface area contributed by atoms with Crippen LogP contribution in [0, 0.1) is 5.82 Å². The number of rotatable bonds is 6. The van der Waals surface area contributed by atoms with Gasteiger partial charge in [-0.05, 0) is 38.4 Å². The smallest absolute Gasteiger partial charge is 0.124 e. The number of ether oxygens (including phenoxy) is 1. The third-order valence-corrected chi connectivity index (χ3v) is 2.99. The summed E-state index contributed by atoms with van der Waals surface area (Å²) in [5.41, 5.74) is 0.864. The molecular weight excluding hydrogens is 225 g/mol. The zero-order valence-electron chi connectivity index (χ0n) is 9.92. The van der Waals surface area contributed by atoms with Gasteiger partial charge in [-0.25, -0.2) is 4.39 Å². The first kappa shape index (κ1) is 13.3. The fourth-order valence-electron chi connectivity index (χ4n) is 1.38. The summed E-state index contributed by atoms with van der Waals surface area (Å²) in [6, 6.07) is 4.73. The molecule has 1 aromatic carbocycles. The predicted octanol–water partition coefficient (Wildman–Crippen LogP) is 2.85. The number of hydrogen-bond donors (Lipinski definition) is 1. The SMILES string of the molecule is CNC(C)c1cc(F)ccc1OCCSC. The molecule has 0 aliphatic rings. The minimum Gasteiger partial charge on any atom is -0.492 e. The Labute approximate surface area is 101 Å². The summed E-state index contributed by atoms with van der Waals surface area (Å²) in [5, 5.41) is 3.09.